The number of aromatic carboxylic acids is 1. The van der Waals surface area contributed by atoms with Crippen molar-refractivity contribution < 1.29 is 33.6 Å². The quantitative estimate of drug-likeness (QED) is 0.306. The highest BCUT2D eigenvalue weighted by molar-refractivity contribution is 6.06. The third-order valence-electron chi connectivity index (χ3n) is 6.17. The molecule has 0 saturated heterocycles. The Balaban J connectivity index is 1.99. The smallest absolute Gasteiger partial charge is 0.353 e. The first-order valence-electron chi connectivity index (χ1n) is 11.8. The predicted molar refractivity (Wildman–Crippen MR) is 143 cm³/mol. The maximum atomic E-state index is 13.6. The molecule has 3 aromatic carbocycles. The zero-order valence-corrected chi connectivity index (χ0v) is 21.6. The number of benzene rings is 3. The van der Waals surface area contributed by atoms with E-state index in [1.54, 1.807) is 30.3 Å². The van der Waals surface area contributed by atoms with Gasteiger partial charge in [-0.2, -0.15) is 0 Å². The Labute approximate surface area is 219 Å². The molecule has 0 aliphatic heterocycles. The summed E-state index contributed by atoms with van der Waals surface area (Å²) in [5.41, 5.74) is 1.15. The lowest BCUT2D eigenvalue weighted by atomic mass is 9.95. The minimum absolute atomic E-state index is 0.0411. The summed E-state index contributed by atoms with van der Waals surface area (Å²) in [5, 5.41) is 11.0. The van der Waals surface area contributed by atoms with E-state index in [1.807, 2.05) is 30.3 Å². The third kappa shape index (κ3) is 5.14. The summed E-state index contributed by atoms with van der Waals surface area (Å²) in [6.07, 6.45) is 0. The number of fused-ring (bicyclic) bond motifs is 1. The number of aromatic nitrogens is 1. The van der Waals surface area contributed by atoms with Crippen LogP contribution in [-0.2, 0) is 17.9 Å². The molecule has 9 nitrogen and oxygen atoms in total. The fraction of sp³-hybridized carbons (Fsp3) is 0.241. The Bertz CT molecular complexity index is 1490. The van der Waals surface area contributed by atoms with Gasteiger partial charge in [-0.25, -0.2) is 4.79 Å². The van der Waals surface area contributed by atoms with E-state index in [0.29, 0.717) is 51.5 Å². The third-order valence-corrected chi connectivity index (χ3v) is 6.17. The number of carbonyl (C=O) groups is 1. The molecule has 0 amide bonds. The number of pyridine rings is 1. The number of ether oxygens (including phenoxy) is 5. The van der Waals surface area contributed by atoms with Crippen LogP contribution >= 0.6 is 0 Å². The number of hydrogen-bond donors (Lipinski definition) is 1. The molecule has 0 aliphatic carbocycles. The van der Waals surface area contributed by atoms with Crippen molar-refractivity contribution in [3.8, 4) is 34.1 Å². The van der Waals surface area contributed by atoms with Crippen LogP contribution in [0.25, 0.3) is 21.9 Å². The van der Waals surface area contributed by atoms with Crippen molar-refractivity contribution in [3.63, 3.8) is 0 Å². The second-order valence-corrected chi connectivity index (χ2v) is 8.37. The maximum absolute atomic E-state index is 13.6. The van der Waals surface area contributed by atoms with Crippen molar-refractivity contribution in [2.45, 2.75) is 13.2 Å². The fourth-order valence-electron chi connectivity index (χ4n) is 4.39. The van der Waals surface area contributed by atoms with Crippen molar-refractivity contribution in [2.75, 3.05) is 35.0 Å². The van der Waals surface area contributed by atoms with Crippen molar-refractivity contribution in [2.24, 2.45) is 0 Å². The minimum Gasteiger partial charge on any atom is -0.493 e. The second kappa shape index (κ2) is 11.7. The number of hydrogen-bond acceptors (Lipinski definition) is 7. The van der Waals surface area contributed by atoms with Gasteiger partial charge < -0.3 is 28.8 Å². The molecule has 4 aromatic rings. The highest BCUT2D eigenvalue weighted by Crippen LogP contribution is 2.43. The molecule has 0 radical (unpaired) electrons. The van der Waals surface area contributed by atoms with Crippen molar-refractivity contribution >= 4 is 16.7 Å². The van der Waals surface area contributed by atoms with E-state index < -0.39 is 11.5 Å². The lowest BCUT2D eigenvalue weighted by Gasteiger charge is -2.20. The van der Waals surface area contributed by atoms with Crippen molar-refractivity contribution in [1.82, 2.24) is 4.57 Å². The molecule has 0 saturated carbocycles. The number of carboxylic acid groups (broad SMARTS) is 1. The lowest BCUT2D eigenvalue weighted by molar-refractivity contribution is 0.0682. The number of methoxy groups -OCH3 is 4. The second-order valence-electron chi connectivity index (χ2n) is 8.37. The maximum Gasteiger partial charge on any atom is 0.353 e. The topological polar surface area (TPSA) is 105 Å². The molecular formula is C29H29NO8. The molecular weight excluding hydrogens is 490 g/mol. The molecule has 9 heteroatoms. The fourth-order valence-corrected chi connectivity index (χ4v) is 4.39. The first-order chi connectivity index (χ1) is 18.4. The van der Waals surface area contributed by atoms with E-state index in [4.69, 9.17) is 23.7 Å². The Morgan fingerprint density at radius 3 is 2.13 bits per heavy atom. The van der Waals surface area contributed by atoms with Gasteiger partial charge >= 0.3 is 5.97 Å². The van der Waals surface area contributed by atoms with E-state index in [-0.39, 0.29) is 18.8 Å². The van der Waals surface area contributed by atoms with Crippen LogP contribution in [0.5, 0.6) is 23.0 Å². The first kappa shape index (κ1) is 26.6. The molecule has 0 fully saturated rings. The highest BCUT2D eigenvalue weighted by atomic mass is 16.5. The van der Waals surface area contributed by atoms with E-state index in [2.05, 4.69) is 0 Å². The summed E-state index contributed by atoms with van der Waals surface area (Å²) in [4.78, 5) is 26.3. The lowest BCUT2D eigenvalue weighted by Crippen LogP contribution is -2.29. The number of nitrogens with zero attached hydrogens (tertiary/aromatic N) is 1. The minimum atomic E-state index is -1.26. The van der Waals surface area contributed by atoms with Gasteiger partial charge in [-0.1, -0.05) is 30.3 Å². The number of rotatable bonds is 11. The molecule has 198 valence electrons. The van der Waals surface area contributed by atoms with Crippen LogP contribution in [0.4, 0.5) is 0 Å². The van der Waals surface area contributed by atoms with Gasteiger partial charge in [-0.3, -0.25) is 9.36 Å². The van der Waals surface area contributed by atoms with E-state index in [9.17, 15) is 14.7 Å². The Hall–Kier alpha value is -4.50. The molecule has 0 unspecified atom stereocenters. The zero-order valence-electron chi connectivity index (χ0n) is 21.6. The molecule has 0 bridgehead atoms. The van der Waals surface area contributed by atoms with Gasteiger partial charge in [0.1, 0.15) is 18.1 Å². The van der Waals surface area contributed by atoms with Gasteiger partial charge in [0.15, 0.2) is 11.5 Å². The molecule has 0 aliphatic rings. The standard InChI is InChI=1S/C29H29NO8/c1-34-13-12-30-26(29(32)33)25(19-14-23(35-2)27(37-4)24(15-19)36-3)21-11-10-20(16-22(21)28(30)31)38-17-18-8-6-5-7-9-18/h5-11,14-16H,12-13,17H2,1-4H3,(H,32,33). The van der Waals surface area contributed by atoms with Gasteiger partial charge in [0, 0.05) is 19.2 Å². The SMILES string of the molecule is COCCn1c(C(=O)O)c(-c2cc(OC)c(OC)c(OC)c2)c2ccc(OCc3ccccc3)cc2c1=O. The van der Waals surface area contributed by atoms with Gasteiger partial charge in [0.2, 0.25) is 5.75 Å². The summed E-state index contributed by atoms with van der Waals surface area (Å²) >= 11 is 0. The summed E-state index contributed by atoms with van der Waals surface area (Å²) in [6, 6.07) is 18.0. The molecule has 4 rings (SSSR count). The summed E-state index contributed by atoms with van der Waals surface area (Å²) in [6.45, 7) is 0.501. The molecule has 38 heavy (non-hydrogen) atoms. The Kier molecular flexibility index (Phi) is 8.18. The normalized spacial score (nSPS) is 10.8. The molecule has 0 spiro atoms. The predicted octanol–water partition coefficient (Wildman–Crippen LogP) is 4.62. The Morgan fingerprint density at radius 2 is 1.55 bits per heavy atom. The monoisotopic (exact) mass is 519 g/mol. The molecule has 1 N–H and O–H groups in total. The van der Waals surface area contributed by atoms with Gasteiger partial charge in [-0.05, 0) is 46.8 Å². The van der Waals surface area contributed by atoms with Crippen LogP contribution in [0.3, 0.4) is 0 Å². The first-order valence-corrected chi connectivity index (χ1v) is 11.8. The molecule has 1 heterocycles. The summed E-state index contributed by atoms with van der Waals surface area (Å²) < 4.78 is 28.8. The van der Waals surface area contributed by atoms with E-state index in [0.717, 1.165) is 5.56 Å². The largest absolute Gasteiger partial charge is 0.493 e. The van der Waals surface area contributed by atoms with Gasteiger partial charge in [0.05, 0.1) is 33.3 Å². The van der Waals surface area contributed by atoms with Crippen LogP contribution in [-0.4, -0.2) is 50.7 Å². The van der Waals surface area contributed by atoms with Gasteiger partial charge in [-0.15, -0.1) is 0 Å². The van der Waals surface area contributed by atoms with Crippen LogP contribution in [0, 0.1) is 0 Å². The highest BCUT2D eigenvalue weighted by Gasteiger charge is 2.25. The average molecular weight is 520 g/mol. The molecule has 1 aromatic heterocycles. The van der Waals surface area contributed by atoms with E-state index in [1.165, 1.54) is 33.0 Å². The average Bonchev–Trinajstić information content (AvgIpc) is 2.95. The number of carboxylic acids is 1. The summed E-state index contributed by atoms with van der Waals surface area (Å²) in [7, 11) is 5.93. The van der Waals surface area contributed by atoms with Crippen molar-refractivity contribution in [3.05, 3.63) is 82.3 Å². The van der Waals surface area contributed by atoms with Crippen LogP contribution < -0.4 is 24.5 Å². The van der Waals surface area contributed by atoms with Gasteiger partial charge in [0.25, 0.3) is 5.56 Å². The van der Waals surface area contributed by atoms with E-state index >= 15 is 0 Å². The van der Waals surface area contributed by atoms with Crippen LogP contribution in [0.2, 0.25) is 0 Å². The molecule has 0 atom stereocenters. The summed E-state index contributed by atoms with van der Waals surface area (Å²) in [5.74, 6) is 0.292. The van der Waals surface area contributed by atoms with Crippen LogP contribution in [0.15, 0.2) is 65.5 Å². The zero-order chi connectivity index (χ0) is 27.2. The van der Waals surface area contributed by atoms with Crippen molar-refractivity contribution in [1.29, 1.82) is 0 Å². The van der Waals surface area contributed by atoms with Crippen LogP contribution in [0.1, 0.15) is 16.1 Å². The Morgan fingerprint density at radius 1 is 0.868 bits per heavy atom.